The van der Waals surface area contributed by atoms with E-state index < -0.39 is 0 Å². The van der Waals surface area contributed by atoms with Crippen molar-refractivity contribution in [3.05, 3.63) is 11.3 Å². The van der Waals surface area contributed by atoms with Gasteiger partial charge in [0.15, 0.2) is 0 Å². The average molecular weight is 243 g/mol. The van der Waals surface area contributed by atoms with Crippen molar-refractivity contribution in [2.45, 2.75) is 32.9 Å². The van der Waals surface area contributed by atoms with Gasteiger partial charge < -0.3 is 14.5 Å². The molecule has 90 valence electrons. The van der Waals surface area contributed by atoms with Crippen molar-refractivity contribution < 1.29 is 14.4 Å². The lowest BCUT2D eigenvalue weighted by Gasteiger charge is -2.47. The number of aliphatic hydroxyl groups is 1. The molecule has 1 fully saturated rings. The van der Waals surface area contributed by atoms with Gasteiger partial charge in [0.25, 0.3) is 0 Å². The summed E-state index contributed by atoms with van der Waals surface area (Å²) in [5.41, 5.74) is 1.91. The summed E-state index contributed by atoms with van der Waals surface area (Å²) in [4.78, 5) is 13.8. The van der Waals surface area contributed by atoms with Gasteiger partial charge in [-0.2, -0.15) is 0 Å². The Labute approximate surface area is 97.9 Å². The normalized spacial score (nSPS) is 35.2. The fraction of sp³-hybridized carbons (Fsp3) is 0.727. The highest BCUT2D eigenvalue weighted by molar-refractivity contribution is 7.09. The van der Waals surface area contributed by atoms with Crippen molar-refractivity contribution >= 4 is 15.4 Å². The Balaban J connectivity index is 2.24. The Morgan fingerprint density at radius 1 is 1.62 bits per heavy atom. The van der Waals surface area contributed by atoms with Crippen LogP contribution < -0.4 is 0 Å². The quantitative estimate of drug-likeness (QED) is 0.592. The lowest BCUT2D eigenvalue weighted by atomic mass is 9.78. The van der Waals surface area contributed by atoms with E-state index in [0.717, 1.165) is 11.3 Å². The van der Waals surface area contributed by atoms with Crippen LogP contribution in [0.5, 0.6) is 0 Å². The highest BCUT2D eigenvalue weighted by Crippen LogP contribution is 2.47. The molecule has 2 aliphatic rings. The van der Waals surface area contributed by atoms with Gasteiger partial charge in [-0.15, -0.1) is 0 Å². The van der Waals surface area contributed by atoms with E-state index in [1.807, 2.05) is 13.8 Å². The van der Waals surface area contributed by atoms with E-state index in [-0.39, 0.29) is 36.5 Å². The molecule has 5 unspecified atom stereocenters. The molecular weight excluding hydrogens is 225 g/mol. The fourth-order valence-electron chi connectivity index (χ4n) is 2.97. The molecule has 1 saturated heterocycles. The molecule has 0 radical (unpaired) electrons. The van der Waals surface area contributed by atoms with E-state index in [0.29, 0.717) is 0 Å². The molecule has 5 heteroatoms. The second-order valence-electron chi connectivity index (χ2n) is 4.62. The number of carbonyl (C=O) groups excluding carboxylic acids is 1. The molecule has 4 nitrogen and oxygen atoms in total. The molecule has 2 heterocycles. The van der Waals surface area contributed by atoms with Gasteiger partial charge in [-0.05, 0) is 19.4 Å². The smallest absolute Gasteiger partial charge is 0.234 e. The van der Waals surface area contributed by atoms with Crippen LogP contribution in [-0.4, -0.2) is 34.7 Å². The van der Waals surface area contributed by atoms with Gasteiger partial charge in [0, 0.05) is 21.1 Å². The number of hydrogen-bond donors (Lipinski definition) is 1. The van der Waals surface area contributed by atoms with Gasteiger partial charge in [0.05, 0.1) is 24.7 Å². The number of aliphatic hydroxyl groups excluding tert-OH is 1. The lowest BCUT2D eigenvalue weighted by molar-refractivity contribution is -0.158. The summed E-state index contributed by atoms with van der Waals surface area (Å²) in [6.07, 6.45) is -0.0907. The monoisotopic (exact) mass is 243 g/mol. The molecule has 0 aromatic rings. The van der Waals surface area contributed by atoms with E-state index in [4.69, 9.17) is 4.52 Å². The maximum atomic E-state index is 12.0. The van der Waals surface area contributed by atoms with Crippen LogP contribution >= 0.6 is 9.47 Å². The highest BCUT2D eigenvalue weighted by Gasteiger charge is 2.57. The fourth-order valence-corrected chi connectivity index (χ4v) is 3.14. The van der Waals surface area contributed by atoms with Crippen molar-refractivity contribution in [1.82, 2.24) is 4.90 Å². The number of fused-ring (bicyclic) bond motifs is 1. The van der Waals surface area contributed by atoms with Crippen LogP contribution in [0.4, 0.5) is 0 Å². The van der Waals surface area contributed by atoms with Crippen molar-refractivity contribution in [3.63, 3.8) is 0 Å². The summed E-state index contributed by atoms with van der Waals surface area (Å²) in [5, 5.41) is 9.31. The first-order valence-electron chi connectivity index (χ1n) is 5.53. The largest absolute Gasteiger partial charge is 0.392 e. The molecule has 5 atom stereocenters. The van der Waals surface area contributed by atoms with E-state index in [9.17, 15) is 9.90 Å². The van der Waals surface area contributed by atoms with Crippen molar-refractivity contribution in [1.29, 1.82) is 0 Å². The second kappa shape index (κ2) is 4.10. The highest BCUT2D eigenvalue weighted by atomic mass is 31.0. The van der Waals surface area contributed by atoms with E-state index in [1.54, 1.807) is 4.90 Å². The van der Waals surface area contributed by atoms with Gasteiger partial charge in [0.1, 0.15) is 0 Å². The number of carbonyl (C=O) groups is 1. The molecule has 1 N–H and O–H groups in total. The number of β-lactam (4-membered cyclic amide) rings is 1. The van der Waals surface area contributed by atoms with Crippen LogP contribution in [0.25, 0.3) is 0 Å². The minimum atomic E-state index is -0.0907. The summed E-state index contributed by atoms with van der Waals surface area (Å²) in [6, 6.07) is 0.171. The standard InChI is InChI=1S/C11H18NO3P/c1-5-8(4-13)6(2)12-10(5)9(11(12)14)7(3)15-16/h5,7,9-10,13H,4,16H2,1-3H3. The summed E-state index contributed by atoms with van der Waals surface area (Å²) < 4.78 is 5.17. The first-order chi connectivity index (χ1) is 7.54. The van der Waals surface area contributed by atoms with E-state index >= 15 is 0 Å². The zero-order chi connectivity index (χ0) is 12.0. The Morgan fingerprint density at radius 2 is 2.25 bits per heavy atom. The third-order valence-electron chi connectivity index (χ3n) is 3.97. The van der Waals surface area contributed by atoms with Gasteiger partial charge >= 0.3 is 0 Å². The van der Waals surface area contributed by atoms with Crippen molar-refractivity contribution in [2.75, 3.05) is 6.61 Å². The zero-order valence-corrected chi connectivity index (χ0v) is 11.0. The van der Waals surface area contributed by atoms with Crippen LogP contribution in [0.3, 0.4) is 0 Å². The van der Waals surface area contributed by atoms with Gasteiger partial charge in [0.2, 0.25) is 5.91 Å². The maximum Gasteiger partial charge on any atom is 0.234 e. The first kappa shape index (κ1) is 12.0. The predicted molar refractivity (Wildman–Crippen MR) is 63.3 cm³/mol. The molecule has 1 amide bonds. The van der Waals surface area contributed by atoms with Crippen LogP contribution in [0.15, 0.2) is 11.3 Å². The van der Waals surface area contributed by atoms with Crippen LogP contribution in [0, 0.1) is 11.8 Å². The summed E-state index contributed by atoms with van der Waals surface area (Å²) in [7, 11) is 2.22. The second-order valence-corrected chi connectivity index (χ2v) is 4.90. The zero-order valence-electron chi connectivity index (χ0n) is 9.80. The molecule has 2 aliphatic heterocycles. The summed E-state index contributed by atoms with van der Waals surface area (Å²) in [6.45, 7) is 5.92. The lowest BCUT2D eigenvalue weighted by Crippen LogP contribution is -2.62. The van der Waals surface area contributed by atoms with Crippen molar-refractivity contribution in [3.8, 4) is 0 Å². The molecule has 0 aromatic heterocycles. The minimum Gasteiger partial charge on any atom is -0.392 e. The topological polar surface area (TPSA) is 49.8 Å². The third kappa shape index (κ3) is 1.37. The number of allylic oxidation sites excluding steroid dienone is 1. The molecular formula is C11H18NO3P. The van der Waals surface area contributed by atoms with Gasteiger partial charge in [-0.3, -0.25) is 4.79 Å². The van der Waals surface area contributed by atoms with Crippen molar-refractivity contribution in [2.24, 2.45) is 11.8 Å². The Morgan fingerprint density at radius 3 is 2.75 bits per heavy atom. The van der Waals surface area contributed by atoms with Crippen LogP contribution in [0.2, 0.25) is 0 Å². The first-order valence-corrected chi connectivity index (χ1v) is 6.00. The van der Waals surface area contributed by atoms with Gasteiger partial charge in [-0.1, -0.05) is 6.92 Å². The maximum absolute atomic E-state index is 12.0. The summed E-state index contributed by atoms with van der Waals surface area (Å²) in [5.74, 6) is 0.273. The third-order valence-corrected chi connectivity index (χ3v) is 4.40. The number of amides is 1. The van der Waals surface area contributed by atoms with Crippen LogP contribution in [0.1, 0.15) is 20.8 Å². The van der Waals surface area contributed by atoms with E-state index in [2.05, 4.69) is 16.4 Å². The minimum absolute atomic E-state index is 0.0378. The Kier molecular flexibility index (Phi) is 3.08. The molecule has 0 spiro atoms. The predicted octanol–water partition coefficient (Wildman–Crippen LogP) is 0.925. The SMILES string of the molecule is CC1=C(CO)C(C)C2C(C(C)OP)C(=O)N12. The summed E-state index contributed by atoms with van der Waals surface area (Å²) >= 11 is 0. The van der Waals surface area contributed by atoms with E-state index in [1.165, 1.54) is 0 Å². The molecule has 0 aliphatic carbocycles. The molecule has 16 heavy (non-hydrogen) atoms. The number of hydrogen-bond acceptors (Lipinski definition) is 3. The molecule has 0 aromatic carbocycles. The molecule has 0 bridgehead atoms. The molecule has 0 saturated carbocycles. The van der Waals surface area contributed by atoms with Gasteiger partial charge in [-0.25, -0.2) is 0 Å². The number of rotatable bonds is 3. The molecule has 2 rings (SSSR count). The Bertz CT molecular complexity index is 355. The number of nitrogens with zero attached hydrogens (tertiary/aromatic N) is 1. The van der Waals surface area contributed by atoms with Crippen LogP contribution in [-0.2, 0) is 9.32 Å². The average Bonchev–Trinajstić information content (AvgIpc) is 2.46. The Hall–Kier alpha value is -0.440.